The van der Waals surface area contributed by atoms with E-state index in [-0.39, 0.29) is 0 Å². The lowest BCUT2D eigenvalue weighted by Crippen LogP contribution is -2.04. The van der Waals surface area contributed by atoms with Crippen molar-refractivity contribution in [2.75, 3.05) is 13.2 Å². The van der Waals surface area contributed by atoms with Crippen molar-refractivity contribution in [2.45, 2.75) is 13.8 Å². The number of phenols is 1. The zero-order chi connectivity index (χ0) is 16.8. The first-order valence-corrected chi connectivity index (χ1v) is 7.81. The minimum absolute atomic E-state index is 0.305. The molecule has 0 aliphatic carbocycles. The molecule has 0 atom stereocenters. The quantitative estimate of drug-likeness (QED) is 0.437. The van der Waals surface area contributed by atoms with Gasteiger partial charge in [0.1, 0.15) is 41.4 Å². The van der Waals surface area contributed by atoms with Crippen molar-refractivity contribution in [3.63, 3.8) is 0 Å². The number of hydrogen-bond donors (Lipinski definition) is 1. The third kappa shape index (κ3) is 2.11. The van der Waals surface area contributed by atoms with E-state index >= 15 is 0 Å². The highest BCUT2D eigenvalue weighted by Gasteiger charge is 2.26. The van der Waals surface area contributed by atoms with Crippen LogP contribution >= 0.6 is 0 Å². The molecule has 0 radical (unpaired) electrons. The van der Waals surface area contributed by atoms with Gasteiger partial charge in [0.15, 0.2) is 0 Å². The number of benzene rings is 2. The summed E-state index contributed by atoms with van der Waals surface area (Å²) in [4.78, 5) is 1.95. The number of aromatic nitrogens is 3. The molecule has 0 amide bonds. The minimum Gasteiger partial charge on any atom is -0.505 e. The van der Waals surface area contributed by atoms with Gasteiger partial charge in [-0.1, -0.05) is 12.6 Å². The zero-order valence-corrected chi connectivity index (χ0v) is 13.7. The molecule has 0 spiro atoms. The maximum Gasteiger partial charge on any atom is 0.146 e. The number of ether oxygens (including phenoxy) is 2. The molecule has 0 bridgehead atoms. The second kappa shape index (κ2) is 5.26. The molecule has 0 unspecified atom stereocenters. The maximum atomic E-state index is 10.4. The van der Waals surface area contributed by atoms with Crippen LogP contribution in [0.3, 0.4) is 0 Å². The lowest BCUT2D eigenvalue weighted by atomic mass is 10.1. The molecule has 124 valence electrons. The lowest BCUT2D eigenvalue weighted by Gasteiger charge is -2.06. The van der Waals surface area contributed by atoms with Crippen LogP contribution in [0.2, 0.25) is 0 Å². The number of rotatable bonds is 6. The van der Waals surface area contributed by atoms with Crippen molar-refractivity contribution in [3.05, 3.63) is 54.3 Å². The van der Waals surface area contributed by atoms with Crippen molar-refractivity contribution >= 4 is 11.0 Å². The topological polar surface area (TPSA) is 52.4 Å². The molecule has 0 saturated carbocycles. The number of fused-ring (bicyclic) bond motifs is 4. The predicted molar refractivity (Wildman–Crippen MR) is 91.6 cm³/mol. The number of hydrogen-bond acceptors (Lipinski definition) is 3. The molecule has 2 aromatic carbocycles. The summed E-state index contributed by atoms with van der Waals surface area (Å²) >= 11 is 0. The highest BCUT2D eigenvalue weighted by molar-refractivity contribution is 5.81. The summed E-state index contributed by atoms with van der Waals surface area (Å²) < 4.78 is 14.7. The second-order valence-corrected chi connectivity index (χ2v) is 5.85. The van der Waals surface area contributed by atoms with Crippen LogP contribution < -0.4 is 4.74 Å². The minimum atomic E-state index is 0.305. The van der Waals surface area contributed by atoms with E-state index in [1.54, 1.807) is 0 Å². The fraction of sp³-hybridized carbons (Fsp3) is 0.222. The third-order valence-electron chi connectivity index (χ3n) is 4.11. The highest BCUT2D eigenvalue weighted by atomic mass is 16.5. The number of nitrogens with zero attached hydrogens (tertiary/aromatic N) is 3. The van der Waals surface area contributed by atoms with E-state index < -0.39 is 0 Å². The monoisotopic (exact) mass is 325 g/mol. The van der Waals surface area contributed by atoms with Crippen LogP contribution in [-0.4, -0.2) is 32.4 Å². The van der Waals surface area contributed by atoms with Crippen LogP contribution in [0.5, 0.6) is 11.5 Å². The normalized spacial score (nSPS) is 11.6. The van der Waals surface area contributed by atoms with Crippen LogP contribution in [0.15, 0.2) is 43.2 Å². The summed E-state index contributed by atoms with van der Waals surface area (Å²) in [6.45, 7) is 8.37. The number of aromatic hydroxyl groups is 1. The molecule has 0 saturated heterocycles. The Morgan fingerprint density at radius 1 is 1.08 bits per heavy atom. The molecule has 6 nitrogen and oxygen atoms in total. The number of aryl methyl sites for hydroxylation is 2. The maximum absolute atomic E-state index is 10.4. The van der Waals surface area contributed by atoms with Crippen molar-refractivity contribution in [1.82, 2.24) is 14.1 Å². The van der Waals surface area contributed by atoms with Gasteiger partial charge in [-0.25, -0.2) is 0 Å². The largest absolute Gasteiger partial charge is 0.505 e. The first kappa shape index (κ1) is 14.6. The third-order valence-corrected chi connectivity index (χ3v) is 4.11. The van der Waals surface area contributed by atoms with Gasteiger partial charge in [-0.3, -0.25) is 0 Å². The summed E-state index contributed by atoms with van der Waals surface area (Å²) in [6, 6.07) is 9.88. The molecule has 2 aromatic heterocycles. The summed E-state index contributed by atoms with van der Waals surface area (Å²) in [5.74, 6) is 1.09. The molecule has 4 rings (SSSR count). The lowest BCUT2D eigenvalue weighted by molar-refractivity contribution is 0.180. The molecule has 24 heavy (non-hydrogen) atoms. The Balaban J connectivity index is 1.65. The Bertz CT molecular complexity index is 1020. The van der Waals surface area contributed by atoms with E-state index in [0.29, 0.717) is 19.0 Å². The summed E-state index contributed by atoms with van der Waals surface area (Å²) in [5.41, 5.74) is 4.91. The summed E-state index contributed by atoms with van der Waals surface area (Å²) in [7, 11) is 0. The standard InChI is InChI=1S/C18H19N3O3/c1-4-23-7-8-24-14-5-6-15-16(11-14)20-19(15)21(20)17-10-12(2)9-13(3)18(17)22/h4-6,9-11,22H,1,7-8H2,2-3H3. The second-order valence-electron chi connectivity index (χ2n) is 5.85. The van der Waals surface area contributed by atoms with Gasteiger partial charge < -0.3 is 14.6 Å². The van der Waals surface area contributed by atoms with Crippen LogP contribution in [0.4, 0.5) is 0 Å². The zero-order valence-electron chi connectivity index (χ0n) is 13.7. The van der Waals surface area contributed by atoms with Crippen LogP contribution in [0.25, 0.3) is 16.7 Å². The Morgan fingerprint density at radius 3 is 2.67 bits per heavy atom. The molecular weight excluding hydrogens is 306 g/mol. The Labute approximate surface area is 139 Å². The van der Waals surface area contributed by atoms with Crippen molar-refractivity contribution in [1.29, 1.82) is 0 Å². The Kier molecular flexibility index (Phi) is 3.19. The Hall–Kier alpha value is -3.02. The van der Waals surface area contributed by atoms with Crippen LogP contribution in [-0.2, 0) is 4.74 Å². The first-order valence-electron chi connectivity index (χ1n) is 7.81. The van der Waals surface area contributed by atoms with E-state index in [1.807, 2.05) is 58.2 Å². The average molecular weight is 325 g/mol. The van der Waals surface area contributed by atoms with E-state index in [0.717, 1.165) is 33.6 Å². The van der Waals surface area contributed by atoms with Crippen molar-refractivity contribution in [3.8, 4) is 17.2 Å². The van der Waals surface area contributed by atoms with Crippen LogP contribution in [0.1, 0.15) is 11.1 Å². The van der Waals surface area contributed by atoms with E-state index in [4.69, 9.17) is 9.47 Å². The van der Waals surface area contributed by atoms with E-state index in [2.05, 4.69) is 6.58 Å². The van der Waals surface area contributed by atoms with E-state index in [1.165, 1.54) is 6.26 Å². The van der Waals surface area contributed by atoms with Gasteiger partial charge in [-0.15, -0.1) is 14.1 Å². The average Bonchev–Trinajstić information content (AvgIpc) is 3.22. The van der Waals surface area contributed by atoms with Gasteiger partial charge in [-0.2, -0.15) is 0 Å². The van der Waals surface area contributed by atoms with Gasteiger partial charge in [0.25, 0.3) is 0 Å². The molecule has 1 N–H and O–H groups in total. The summed E-state index contributed by atoms with van der Waals surface area (Å²) in [6.07, 6.45) is 1.41. The predicted octanol–water partition coefficient (Wildman–Crippen LogP) is 3.28. The van der Waals surface area contributed by atoms with Crippen molar-refractivity contribution < 1.29 is 14.6 Å². The van der Waals surface area contributed by atoms with Gasteiger partial charge in [0.05, 0.1) is 6.26 Å². The van der Waals surface area contributed by atoms with Crippen molar-refractivity contribution in [2.24, 2.45) is 0 Å². The van der Waals surface area contributed by atoms with Gasteiger partial charge in [0, 0.05) is 6.07 Å². The molecular formula is C18H19N3O3. The summed E-state index contributed by atoms with van der Waals surface area (Å²) in [5, 5.41) is 10.4. The van der Waals surface area contributed by atoms with Gasteiger partial charge >= 0.3 is 0 Å². The fourth-order valence-corrected chi connectivity index (χ4v) is 3.00. The molecule has 2 heterocycles. The van der Waals surface area contributed by atoms with Gasteiger partial charge in [-0.05, 0) is 43.2 Å². The fourth-order valence-electron chi connectivity index (χ4n) is 3.00. The van der Waals surface area contributed by atoms with Gasteiger partial charge in [0.2, 0.25) is 0 Å². The highest BCUT2D eigenvalue weighted by Crippen LogP contribution is 2.34. The smallest absolute Gasteiger partial charge is 0.146 e. The SMILES string of the molecule is C=COCCOc1ccc2c(c1)n1n(-c3cc(C)cc(C)c3O)n21. The molecule has 4 aromatic rings. The van der Waals surface area contributed by atoms with E-state index in [9.17, 15) is 5.11 Å². The molecule has 0 fully saturated rings. The van der Waals surface area contributed by atoms with Crippen LogP contribution in [0, 0.1) is 13.8 Å². The molecule has 0 aliphatic rings. The Morgan fingerprint density at radius 2 is 1.88 bits per heavy atom. The molecule has 0 aliphatic heterocycles. The molecule has 6 heteroatoms. The first-order chi connectivity index (χ1) is 11.6. The number of phenolic OH excluding ortho intramolecular Hbond substituents is 1.